The van der Waals surface area contributed by atoms with Gasteiger partial charge in [0.05, 0.1) is 0 Å². The number of fused-ring (bicyclic) bond motifs is 1. The van der Waals surface area contributed by atoms with Crippen molar-refractivity contribution in [3.63, 3.8) is 0 Å². The van der Waals surface area contributed by atoms with Crippen LogP contribution in [0.15, 0.2) is 42.5 Å². The molecule has 2 rings (SSSR count). The van der Waals surface area contributed by atoms with Crippen LogP contribution in [0.1, 0.15) is 32.8 Å². The fraction of sp³-hybridized carbons (Fsp3) is 0.444. The van der Waals surface area contributed by atoms with E-state index in [4.69, 9.17) is 0 Å². The van der Waals surface area contributed by atoms with Crippen LogP contribution < -0.4 is 5.32 Å². The lowest BCUT2D eigenvalue weighted by atomic mass is 9.95. The summed E-state index contributed by atoms with van der Waals surface area (Å²) in [5, 5.41) is 6.27. The number of rotatable bonds is 6. The van der Waals surface area contributed by atoms with Gasteiger partial charge in [0.25, 0.3) is 0 Å². The first-order valence-corrected chi connectivity index (χ1v) is 7.41. The summed E-state index contributed by atoms with van der Waals surface area (Å²) in [7, 11) is 0. The first kappa shape index (κ1) is 14.1. The molecule has 0 spiro atoms. The van der Waals surface area contributed by atoms with E-state index in [0.717, 1.165) is 13.0 Å². The Hall–Kier alpha value is -1.34. The third-order valence-corrected chi connectivity index (χ3v) is 3.83. The summed E-state index contributed by atoms with van der Waals surface area (Å²) < 4.78 is 0. The molecule has 0 bridgehead atoms. The summed E-state index contributed by atoms with van der Waals surface area (Å²) >= 11 is 0. The molecule has 2 aromatic rings. The molecule has 1 heteroatoms. The first-order chi connectivity index (χ1) is 9.20. The zero-order valence-electron chi connectivity index (χ0n) is 12.3. The van der Waals surface area contributed by atoms with Crippen molar-refractivity contribution >= 4 is 10.8 Å². The van der Waals surface area contributed by atoms with Gasteiger partial charge in [0.15, 0.2) is 0 Å². The maximum Gasteiger partial charge on any atom is 0.00931 e. The van der Waals surface area contributed by atoms with Crippen LogP contribution >= 0.6 is 0 Å². The van der Waals surface area contributed by atoms with Gasteiger partial charge in [-0.2, -0.15) is 0 Å². The lowest BCUT2D eigenvalue weighted by Crippen LogP contribution is -2.34. The van der Waals surface area contributed by atoms with Gasteiger partial charge in [0.1, 0.15) is 0 Å². The number of benzene rings is 2. The molecule has 0 aromatic heterocycles. The molecular formula is C18H25N. The minimum Gasteiger partial charge on any atom is -0.314 e. The Kier molecular flexibility index (Phi) is 4.98. The van der Waals surface area contributed by atoms with E-state index in [2.05, 4.69) is 68.6 Å². The van der Waals surface area contributed by atoms with Crippen LogP contribution in [0.5, 0.6) is 0 Å². The van der Waals surface area contributed by atoms with Crippen molar-refractivity contribution in [1.29, 1.82) is 0 Å². The van der Waals surface area contributed by atoms with Crippen LogP contribution in [-0.4, -0.2) is 12.6 Å². The molecule has 0 radical (unpaired) electrons. The molecule has 0 aliphatic carbocycles. The van der Waals surface area contributed by atoms with E-state index < -0.39 is 0 Å². The van der Waals surface area contributed by atoms with Crippen molar-refractivity contribution in [3.05, 3.63) is 48.0 Å². The van der Waals surface area contributed by atoms with Crippen LogP contribution in [0, 0.1) is 5.92 Å². The van der Waals surface area contributed by atoms with Crippen molar-refractivity contribution < 1.29 is 0 Å². The highest BCUT2D eigenvalue weighted by Gasteiger charge is 2.11. The lowest BCUT2D eigenvalue weighted by Gasteiger charge is -2.21. The Bertz CT molecular complexity index is 516. The van der Waals surface area contributed by atoms with E-state index in [9.17, 15) is 0 Å². The second kappa shape index (κ2) is 6.72. The van der Waals surface area contributed by atoms with Crippen LogP contribution in [0.4, 0.5) is 0 Å². The van der Waals surface area contributed by atoms with E-state index in [1.54, 1.807) is 0 Å². The van der Waals surface area contributed by atoms with Gasteiger partial charge < -0.3 is 5.32 Å². The quantitative estimate of drug-likeness (QED) is 0.806. The highest BCUT2D eigenvalue weighted by Crippen LogP contribution is 2.18. The third kappa shape index (κ3) is 3.81. The minimum absolute atomic E-state index is 0.622. The van der Waals surface area contributed by atoms with Gasteiger partial charge in [0, 0.05) is 6.04 Å². The zero-order chi connectivity index (χ0) is 13.7. The summed E-state index contributed by atoms with van der Waals surface area (Å²) in [5.41, 5.74) is 1.45. The van der Waals surface area contributed by atoms with E-state index in [-0.39, 0.29) is 0 Å². The topological polar surface area (TPSA) is 12.0 Å². The van der Waals surface area contributed by atoms with Crippen molar-refractivity contribution in [1.82, 2.24) is 5.32 Å². The molecule has 0 saturated heterocycles. The summed E-state index contributed by atoms with van der Waals surface area (Å²) in [6.07, 6.45) is 2.37. The van der Waals surface area contributed by atoms with Crippen LogP contribution in [0.25, 0.3) is 10.8 Å². The zero-order valence-corrected chi connectivity index (χ0v) is 12.3. The molecule has 0 heterocycles. The van der Waals surface area contributed by atoms with Gasteiger partial charge in [-0.05, 0) is 41.6 Å². The van der Waals surface area contributed by atoms with Crippen molar-refractivity contribution in [2.75, 3.05) is 6.54 Å². The molecule has 0 aliphatic rings. The van der Waals surface area contributed by atoms with Gasteiger partial charge in [-0.1, -0.05) is 63.2 Å². The van der Waals surface area contributed by atoms with Gasteiger partial charge in [0.2, 0.25) is 0 Å². The largest absolute Gasteiger partial charge is 0.314 e. The molecule has 0 saturated carbocycles. The van der Waals surface area contributed by atoms with E-state index in [1.807, 2.05) is 0 Å². The van der Waals surface area contributed by atoms with E-state index in [1.165, 1.54) is 22.8 Å². The summed E-state index contributed by atoms with van der Waals surface area (Å²) in [6.45, 7) is 7.84. The predicted octanol–water partition coefficient (Wildman–Crippen LogP) is 4.41. The molecule has 19 heavy (non-hydrogen) atoms. The summed E-state index contributed by atoms with van der Waals surface area (Å²) in [6, 6.07) is 16.0. The van der Waals surface area contributed by atoms with Crippen molar-refractivity contribution in [2.24, 2.45) is 5.92 Å². The Morgan fingerprint density at radius 2 is 1.74 bits per heavy atom. The normalized spacial score (nSPS) is 13.1. The maximum atomic E-state index is 3.59. The van der Waals surface area contributed by atoms with E-state index in [0.29, 0.717) is 12.0 Å². The van der Waals surface area contributed by atoms with Crippen LogP contribution in [0.3, 0.4) is 0 Å². The fourth-order valence-corrected chi connectivity index (χ4v) is 2.65. The van der Waals surface area contributed by atoms with Crippen LogP contribution in [-0.2, 0) is 6.42 Å². The summed E-state index contributed by atoms with van der Waals surface area (Å²) in [5.74, 6) is 0.695. The average molecular weight is 255 g/mol. The maximum absolute atomic E-state index is 3.59. The van der Waals surface area contributed by atoms with Crippen LogP contribution in [0.2, 0.25) is 0 Å². The SMILES string of the molecule is CCNC(CCc1ccc2ccccc2c1)C(C)C. The average Bonchev–Trinajstić information content (AvgIpc) is 2.43. The molecule has 1 nitrogen and oxygen atoms in total. The lowest BCUT2D eigenvalue weighted by molar-refractivity contribution is 0.385. The molecule has 1 atom stereocenters. The molecule has 0 aliphatic heterocycles. The molecule has 2 aromatic carbocycles. The Morgan fingerprint density at radius 1 is 1.00 bits per heavy atom. The Morgan fingerprint density at radius 3 is 2.42 bits per heavy atom. The number of hydrogen-bond donors (Lipinski definition) is 1. The van der Waals surface area contributed by atoms with E-state index >= 15 is 0 Å². The van der Waals surface area contributed by atoms with Crippen molar-refractivity contribution in [2.45, 2.75) is 39.7 Å². The highest BCUT2D eigenvalue weighted by atomic mass is 14.9. The third-order valence-electron chi connectivity index (χ3n) is 3.83. The number of hydrogen-bond acceptors (Lipinski definition) is 1. The fourth-order valence-electron chi connectivity index (χ4n) is 2.65. The van der Waals surface area contributed by atoms with Gasteiger partial charge in [-0.25, -0.2) is 0 Å². The molecule has 1 unspecified atom stereocenters. The second-order valence-electron chi connectivity index (χ2n) is 5.63. The minimum atomic E-state index is 0.622. The summed E-state index contributed by atoms with van der Waals surface area (Å²) in [4.78, 5) is 0. The van der Waals surface area contributed by atoms with Crippen molar-refractivity contribution in [3.8, 4) is 0 Å². The monoisotopic (exact) mass is 255 g/mol. The molecule has 0 amide bonds. The molecule has 102 valence electrons. The highest BCUT2D eigenvalue weighted by molar-refractivity contribution is 5.82. The Balaban J connectivity index is 2.04. The van der Waals surface area contributed by atoms with Gasteiger partial charge >= 0.3 is 0 Å². The standard InChI is InChI=1S/C18H25N/c1-4-19-18(14(2)3)12-10-15-9-11-16-7-5-6-8-17(16)13-15/h5-9,11,13-14,18-19H,4,10,12H2,1-3H3. The smallest absolute Gasteiger partial charge is 0.00931 e. The second-order valence-corrected chi connectivity index (χ2v) is 5.63. The first-order valence-electron chi connectivity index (χ1n) is 7.41. The number of nitrogens with one attached hydrogen (secondary N) is 1. The predicted molar refractivity (Wildman–Crippen MR) is 84.6 cm³/mol. The molecule has 1 N–H and O–H groups in total. The van der Waals surface area contributed by atoms with Gasteiger partial charge in [-0.15, -0.1) is 0 Å². The Labute approximate surface area is 117 Å². The van der Waals surface area contributed by atoms with Gasteiger partial charge in [-0.3, -0.25) is 0 Å². The molecule has 0 fully saturated rings. The molecular weight excluding hydrogens is 230 g/mol. The number of aryl methyl sites for hydroxylation is 1.